The summed E-state index contributed by atoms with van der Waals surface area (Å²) in [4.78, 5) is 14.0. The summed E-state index contributed by atoms with van der Waals surface area (Å²) in [6.07, 6.45) is 1.57. The molecule has 2 aromatic carbocycles. The van der Waals surface area contributed by atoms with E-state index in [1.54, 1.807) is 18.3 Å². The zero-order valence-electron chi connectivity index (χ0n) is 15.2. The molecule has 8 heteroatoms. The SMILES string of the molecule is O=C(CN1CCOCC1)N/N=C\c1ccccc1OCc1ccc(Cl)cc1Cl. The van der Waals surface area contributed by atoms with Crippen LogP contribution >= 0.6 is 23.2 Å². The Balaban J connectivity index is 1.55. The van der Waals surface area contributed by atoms with E-state index in [9.17, 15) is 4.79 Å². The summed E-state index contributed by atoms with van der Waals surface area (Å²) >= 11 is 12.1. The Morgan fingerprint density at radius 2 is 2.00 bits per heavy atom. The van der Waals surface area contributed by atoms with Gasteiger partial charge in [0.05, 0.1) is 26.0 Å². The van der Waals surface area contributed by atoms with Crippen molar-refractivity contribution < 1.29 is 14.3 Å². The molecule has 1 fully saturated rings. The van der Waals surface area contributed by atoms with Gasteiger partial charge in [0.2, 0.25) is 0 Å². The number of benzene rings is 2. The lowest BCUT2D eigenvalue weighted by atomic mass is 10.2. The minimum Gasteiger partial charge on any atom is -0.488 e. The van der Waals surface area contributed by atoms with Gasteiger partial charge in [-0.05, 0) is 24.3 Å². The number of hydrazone groups is 1. The maximum Gasteiger partial charge on any atom is 0.254 e. The van der Waals surface area contributed by atoms with Crippen LogP contribution in [0.4, 0.5) is 0 Å². The highest BCUT2D eigenvalue weighted by molar-refractivity contribution is 6.35. The van der Waals surface area contributed by atoms with E-state index >= 15 is 0 Å². The molecule has 0 unspecified atom stereocenters. The van der Waals surface area contributed by atoms with Gasteiger partial charge >= 0.3 is 0 Å². The summed E-state index contributed by atoms with van der Waals surface area (Å²) in [7, 11) is 0. The summed E-state index contributed by atoms with van der Waals surface area (Å²) in [5.74, 6) is 0.476. The smallest absolute Gasteiger partial charge is 0.254 e. The molecule has 1 N–H and O–H groups in total. The van der Waals surface area contributed by atoms with Gasteiger partial charge in [0.15, 0.2) is 0 Å². The zero-order valence-corrected chi connectivity index (χ0v) is 16.7. The normalized spacial score (nSPS) is 14.9. The first-order chi connectivity index (χ1) is 13.6. The molecule has 2 aromatic rings. The summed E-state index contributed by atoms with van der Waals surface area (Å²) in [6.45, 7) is 3.40. The van der Waals surface area contributed by atoms with Crippen molar-refractivity contribution >= 4 is 35.3 Å². The Kier molecular flexibility index (Phi) is 7.68. The van der Waals surface area contributed by atoms with E-state index in [4.69, 9.17) is 32.7 Å². The van der Waals surface area contributed by atoms with Crippen LogP contribution in [0.2, 0.25) is 10.0 Å². The molecule has 3 rings (SSSR count). The molecule has 0 atom stereocenters. The Labute approximate surface area is 174 Å². The average molecular weight is 422 g/mol. The summed E-state index contributed by atoms with van der Waals surface area (Å²) in [6, 6.07) is 12.7. The molecule has 1 aliphatic heterocycles. The lowest BCUT2D eigenvalue weighted by molar-refractivity contribution is -0.123. The Morgan fingerprint density at radius 1 is 1.21 bits per heavy atom. The highest BCUT2D eigenvalue weighted by atomic mass is 35.5. The summed E-state index contributed by atoms with van der Waals surface area (Å²) < 4.78 is 11.1. The van der Waals surface area contributed by atoms with Crippen LogP contribution in [0.25, 0.3) is 0 Å². The number of rotatable bonds is 7. The maximum atomic E-state index is 12.0. The van der Waals surface area contributed by atoms with Crippen molar-refractivity contribution in [2.24, 2.45) is 5.10 Å². The van der Waals surface area contributed by atoms with E-state index in [-0.39, 0.29) is 5.91 Å². The van der Waals surface area contributed by atoms with E-state index in [1.807, 2.05) is 35.2 Å². The molecule has 1 saturated heterocycles. The minimum atomic E-state index is -0.163. The van der Waals surface area contributed by atoms with E-state index in [2.05, 4.69) is 10.5 Å². The molecular weight excluding hydrogens is 401 g/mol. The number of carbonyl (C=O) groups excluding carboxylic acids is 1. The predicted molar refractivity (Wildman–Crippen MR) is 110 cm³/mol. The average Bonchev–Trinajstić information content (AvgIpc) is 2.69. The van der Waals surface area contributed by atoms with Crippen LogP contribution in [0.5, 0.6) is 5.75 Å². The lowest BCUT2D eigenvalue weighted by Crippen LogP contribution is -2.42. The van der Waals surface area contributed by atoms with Gasteiger partial charge < -0.3 is 9.47 Å². The van der Waals surface area contributed by atoms with Gasteiger partial charge in [-0.2, -0.15) is 5.10 Å². The van der Waals surface area contributed by atoms with Crippen LogP contribution < -0.4 is 10.2 Å². The number of nitrogens with one attached hydrogen (secondary N) is 1. The van der Waals surface area contributed by atoms with Gasteiger partial charge in [-0.1, -0.05) is 41.4 Å². The quantitative estimate of drug-likeness (QED) is 0.549. The number of halogens is 2. The van der Waals surface area contributed by atoms with Crippen LogP contribution in [0.15, 0.2) is 47.6 Å². The monoisotopic (exact) mass is 421 g/mol. The van der Waals surface area contributed by atoms with Gasteiger partial charge in [-0.25, -0.2) is 5.43 Å². The number of hydrogen-bond donors (Lipinski definition) is 1. The molecule has 6 nitrogen and oxygen atoms in total. The van der Waals surface area contributed by atoms with Crippen LogP contribution in [0.1, 0.15) is 11.1 Å². The molecule has 0 radical (unpaired) electrons. The molecule has 0 aliphatic carbocycles. The largest absolute Gasteiger partial charge is 0.488 e. The Hall–Kier alpha value is -2.12. The van der Waals surface area contributed by atoms with Crippen molar-refractivity contribution in [3.63, 3.8) is 0 Å². The fourth-order valence-corrected chi connectivity index (χ4v) is 3.15. The van der Waals surface area contributed by atoms with Crippen LogP contribution in [0.3, 0.4) is 0 Å². The van der Waals surface area contributed by atoms with Crippen LogP contribution in [0, 0.1) is 0 Å². The number of nitrogens with zero attached hydrogens (tertiary/aromatic N) is 2. The topological polar surface area (TPSA) is 63.2 Å². The molecular formula is C20H21Cl2N3O3. The van der Waals surface area contributed by atoms with Gasteiger partial charge in [0.25, 0.3) is 5.91 Å². The number of carbonyl (C=O) groups is 1. The number of hydrogen-bond acceptors (Lipinski definition) is 5. The van der Waals surface area contributed by atoms with E-state index in [1.165, 1.54) is 0 Å². The minimum absolute atomic E-state index is 0.163. The second-order valence-electron chi connectivity index (χ2n) is 6.24. The molecule has 148 valence electrons. The number of morpholine rings is 1. The molecule has 1 heterocycles. The first-order valence-corrected chi connectivity index (χ1v) is 9.65. The zero-order chi connectivity index (χ0) is 19.8. The fourth-order valence-electron chi connectivity index (χ4n) is 2.68. The third kappa shape index (κ3) is 6.21. The lowest BCUT2D eigenvalue weighted by Gasteiger charge is -2.25. The molecule has 1 aliphatic rings. The fraction of sp³-hybridized carbons (Fsp3) is 0.300. The molecule has 28 heavy (non-hydrogen) atoms. The molecule has 0 aromatic heterocycles. The van der Waals surface area contributed by atoms with Gasteiger partial charge in [-0.3, -0.25) is 9.69 Å². The van der Waals surface area contributed by atoms with Crippen molar-refractivity contribution in [2.45, 2.75) is 6.61 Å². The number of para-hydroxylation sites is 1. The van der Waals surface area contributed by atoms with Crippen LogP contribution in [-0.4, -0.2) is 49.9 Å². The third-order valence-electron chi connectivity index (χ3n) is 4.18. The van der Waals surface area contributed by atoms with Crippen molar-refractivity contribution in [1.82, 2.24) is 10.3 Å². The van der Waals surface area contributed by atoms with Gasteiger partial charge in [0.1, 0.15) is 12.4 Å². The van der Waals surface area contributed by atoms with Crippen molar-refractivity contribution in [3.05, 3.63) is 63.6 Å². The summed E-state index contributed by atoms with van der Waals surface area (Å²) in [5, 5.41) is 5.17. The van der Waals surface area contributed by atoms with Crippen molar-refractivity contribution in [3.8, 4) is 5.75 Å². The molecule has 0 spiro atoms. The van der Waals surface area contributed by atoms with Crippen molar-refractivity contribution in [1.29, 1.82) is 0 Å². The molecule has 0 bridgehead atoms. The van der Waals surface area contributed by atoms with E-state index in [0.29, 0.717) is 42.2 Å². The third-order valence-corrected chi connectivity index (χ3v) is 4.77. The van der Waals surface area contributed by atoms with Gasteiger partial charge in [0, 0.05) is 34.3 Å². The second-order valence-corrected chi connectivity index (χ2v) is 7.09. The summed E-state index contributed by atoms with van der Waals surface area (Å²) in [5.41, 5.74) is 4.13. The Bertz CT molecular complexity index is 839. The highest BCUT2D eigenvalue weighted by Crippen LogP contribution is 2.23. The first kappa shape index (κ1) is 20.6. The number of ether oxygens (including phenoxy) is 2. The first-order valence-electron chi connectivity index (χ1n) is 8.89. The predicted octanol–water partition coefficient (Wildman–Crippen LogP) is 3.35. The van der Waals surface area contributed by atoms with E-state index in [0.717, 1.165) is 24.2 Å². The van der Waals surface area contributed by atoms with Crippen molar-refractivity contribution in [2.75, 3.05) is 32.8 Å². The number of amides is 1. The van der Waals surface area contributed by atoms with Gasteiger partial charge in [-0.15, -0.1) is 0 Å². The maximum absolute atomic E-state index is 12.0. The second kappa shape index (κ2) is 10.4. The molecule has 1 amide bonds. The standard InChI is InChI=1S/C20H21Cl2N3O3/c21-17-6-5-16(18(22)11-17)14-28-19-4-2-1-3-15(19)12-23-24-20(26)13-25-7-9-27-10-8-25/h1-6,11-12H,7-10,13-14H2,(H,24,26)/b23-12-. The molecule has 0 saturated carbocycles. The highest BCUT2D eigenvalue weighted by Gasteiger charge is 2.13. The van der Waals surface area contributed by atoms with Crippen LogP contribution in [-0.2, 0) is 16.1 Å². The van der Waals surface area contributed by atoms with E-state index < -0.39 is 0 Å². The Morgan fingerprint density at radius 3 is 2.79 bits per heavy atom.